The van der Waals surface area contributed by atoms with Crippen LogP contribution in [0.1, 0.15) is 12.5 Å². The number of hydrogen-bond acceptors (Lipinski definition) is 6. The van der Waals surface area contributed by atoms with Gasteiger partial charge in [0.2, 0.25) is 0 Å². The number of aromatic nitrogens is 5. The number of benzene rings is 1. The van der Waals surface area contributed by atoms with Crippen molar-refractivity contribution in [1.29, 1.82) is 0 Å². The second-order valence-corrected chi connectivity index (χ2v) is 7.28. The fraction of sp³-hybridized carbons (Fsp3) is 0.150. The van der Waals surface area contributed by atoms with Gasteiger partial charge in [-0.3, -0.25) is 4.79 Å². The highest BCUT2D eigenvalue weighted by molar-refractivity contribution is 6.30. The SMILES string of the molecule is C=c1[nH]c(=O)/c(=C/c2cnn3c(NCC(C)O)cc(Nc4cccc(Cl)c4)nc23)[nH]1. The van der Waals surface area contributed by atoms with Crippen molar-refractivity contribution >= 4 is 47.2 Å². The molecule has 0 fully saturated rings. The Balaban J connectivity index is 1.83. The highest BCUT2D eigenvalue weighted by atomic mass is 35.5. The first-order valence-electron chi connectivity index (χ1n) is 9.21. The first kappa shape index (κ1) is 19.7. The molecule has 0 amide bonds. The third-order valence-corrected chi connectivity index (χ3v) is 4.50. The number of anilines is 3. The van der Waals surface area contributed by atoms with Crippen LogP contribution >= 0.6 is 11.6 Å². The third-order valence-electron chi connectivity index (χ3n) is 4.27. The maximum Gasteiger partial charge on any atom is 0.273 e. The Kier molecular flexibility index (Phi) is 5.30. The van der Waals surface area contributed by atoms with Crippen LogP contribution in [0.3, 0.4) is 0 Å². The average molecular weight is 426 g/mol. The lowest BCUT2D eigenvalue weighted by molar-refractivity contribution is 0.208. The van der Waals surface area contributed by atoms with Crippen molar-refractivity contribution < 1.29 is 5.11 Å². The van der Waals surface area contributed by atoms with E-state index in [-0.39, 0.29) is 5.56 Å². The lowest BCUT2D eigenvalue weighted by atomic mass is 10.3. The van der Waals surface area contributed by atoms with Crippen LogP contribution in [0.4, 0.5) is 17.3 Å². The zero-order valence-electron chi connectivity index (χ0n) is 16.1. The van der Waals surface area contributed by atoms with Crippen LogP contribution in [0.25, 0.3) is 18.3 Å². The summed E-state index contributed by atoms with van der Waals surface area (Å²) >= 11 is 6.08. The molecule has 30 heavy (non-hydrogen) atoms. The summed E-state index contributed by atoms with van der Waals surface area (Å²) in [7, 11) is 0. The van der Waals surface area contributed by atoms with Crippen LogP contribution in [0, 0.1) is 0 Å². The molecule has 9 nitrogen and oxygen atoms in total. The number of hydrogen-bond donors (Lipinski definition) is 5. The Labute approximate surface area is 175 Å². The fourth-order valence-corrected chi connectivity index (χ4v) is 3.14. The van der Waals surface area contributed by atoms with Gasteiger partial charge < -0.3 is 25.7 Å². The Hall–Kier alpha value is -3.56. The molecule has 1 aromatic carbocycles. The molecule has 0 saturated carbocycles. The predicted molar refractivity (Wildman–Crippen MR) is 118 cm³/mol. The van der Waals surface area contributed by atoms with Crippen molar-refractivity contribution in [2.45, 2.75) is 13.0 Å². The normalized spacial score (nSPS) is 13.0. The molecule has 0 bridgehead atoms. The summed E-state index contributed by atoms with van der Waals surface area (Å²) in [5.74, 6) is 1.18. The molecule has 0 aliphatic rings. The highest BCUT2D eigenvalue weighted by Gasteiger charge is 2.12. The summed E-state index contributed by atoms with van der Waals surface area (Å²) in [6, 6.07) is 9.06. The molecule has 154 valence electrons. The van der Waals surface area contributed by atoms with Crippen LogP contribution in [-0.2, 0) is 0 Å². The Morgan fingerprint density at radius 2 is 2.20 bits per heavy atom. The minimum absolute atomic E-state index is 0.278. The number of nitrogens with one attached hydrogen (secondary N) is 4. The molecule has 0 spiro atoms. The molecule has 3 heterocycles. The summed E-state index contributed by atoms with van der Waals surface area (Å²) < 4.78 is 1.61. The minimum atomic E-state index is -0.549. The molecule has 0 saturated heterocycles. The van der Waals surface area contributed by atoms with Crippen molar-refractivity contribution in [3.8, 4) is 0 Å². The first-order chi connectivity index (χ1) is 14.4. The van der Waals surface area contributed by atoms with E-state index in [2.05, 4.69) is 37.3 Å². The largest absolute Gasteiger partial charge is 0.392 e. The number of H-pyrrole nitrogens is 2. The molecule has 1 atom stereocenters. The van der Waals surface area contributed by atoms with E-state index < -0.39 is 6.10 Å². The number of rotatable bonds is 6. The maximum atomic E-state index is 12.0. The van der Waals surface area contributed by atoms with Gasteiger partial charge in [-0.15, -0.1) is 0 Å². The summed E-state index contributed by atoms with van der Waals surface area (Å²) in [5.41, 5.74) is 2.07. The molecule has 1 unspecified atom stereocenters. The van der Waals surface area contributed by atoms with Crippen molar-refractivity contribution in [1.82, 2.24) is 24.6 Å². The number of nitrogens with zero attached hydrogens (tertiary/aromatic N) is 3. The highest BCUT2D eigenvalue weighted by Crippen LogP contribution is 2.23. The Morgan fingerprint density at radius 3 is 2.90 bits per heavy atom. The lowest BCUT2D eigenvalue weighted by Gasteiger charge is -2.13. The average Bonchev–Trinajstić information content (AvgIpc) is 3.22. The van der Waals surface area contributed by atoms with Crippen LogP contribution in [0.2, 0.25) is 5.02 Å². The van der Waals surface area contributed by atoms with Crippen molar-refractivity contribution in [3.63, 3.8) is 0 Å². The third kappa shape index (κ3) is 4.22. The van der Waals surface area contributed by atoms with Gasteiger partial charge >= 0.3 is 0 Å². The van der Waals surface area contributed by atoms with E-state index in [0.717, 1.165) is 5.69 Å². The van der Waals surface area contributed by atoms with Gasteiger partial charge in [-0.05, 0) is 31.2 Å². The number of aliphatic hydroxyl groups excluding tert-OH is 1. The van der Waals surface area contributed by atoms with E-state index in [1.54, 1.807) is 41.9 Å². The number of aliphatic hydroxyl groups is 1. The van der Waals surface area contributed by atoms with E-state index in [1.165, 1.54) is 0 Å². The standard InChI is InChI=1S/C20H20ClN7O2/c1-11(29)9-22-18-8-17(26-15-5-3-4-14(21)7-15)27-19-13(10-23-28(18)19)6-16-20(30)25-12(2)24-16/h3-8,10-11,22,24,29H,2,9H2,1H3,(H,25,30)(H,26,27)/b16-6-. The smallest absolute Gasteiger partial charge is 0.273 e. The van der Waals surface area contributed by atoms with E-state index in [4.69, 9.17) is 11.6 Å². The molecular formula is C20H20ClN7O2. The zero-order valence-corrected chi connectivity index (χ0v) is 16.9. The van der Waals surface area contributed by atoms with Crippen molar-refractivity contribution in [2.75, 3.05) is 17.2 Å². The van der Waals surface area contributed by atoms with Gasteiger partial charge in [-0.2, -0.15) is 9.61 Å². The van der Waals surface area contributed by atoms with E-state index in [9.17, 15) is 9.90 Å². The van der Waals surface area contributed by atoms with E-state index >= 15 is 0 Å². The summed E-state index contributed by atoms with van der Waals surface area (Å²) in [4.78, 5) is 22.1. The van der Waals surface area contributed by atoms with Gasteiger partial charge in [0.15, 0.2) is 5.65 Å². The van der Waals surface area contributed by atoms with E-state index in [0.29, 0.717) is 45.2 Å². The zero-order chi connectivity index (χ0) is 21.3. The van der Waals surface area contributed by atoms with Gasteiger partial charge in [0.25, 0.3) is 5.56 Å². The Morgan fingerprint density at radius 1 is 1.37 bits per heavy atom. The van der Waals surface area contributed by atoms with Crippen molar-refractivity contribution in [3.05, 3.63) is 68.3 Å². The van der Waals surface area contributed by atoms with E-state index in [1.807, 2.05) is 12.1 Å². The molecule has 0 aliphatic heterocycles. The molecule has 10 heteroatoms. The van der Waals surface area contributed by atoms with Gasteiger partial charge in [-0.25, -0.2) is 4.98 Å². The van der Waals surface area contributed by atoms with Gasteiger partial charge in [0.1, 0.15) is 22.5 Å². The van der Waals surface area contributed by atoms with Crippen LogP contribution in [-0.4, -0.2) is 42.3 Å². The first-order valence-corrected chi connectivity index (χ1v) is 9.59. The predicted octanol–water partition coefficient (Wildman–Crippen LogP) is 1.17. The molecular weight excluding hydrogens is 406 g/mol. The Bertz CT molecular complexity index is 1370. The minimum Gasteiger partial charge on any atom is -0.392 e. The van der Waals surface area contributed by atoms with Crippen LogP contribution < -0.4 is 27.0 Å². The topological polar surface area (TPSA) is 123 Å². The second-order valence-electron chi connectivity index (χ2n) is 6.84. The summed E-state index contributed by atoms with van der Waals surface area (Å²) in [5, 5.41) is 21.4. The number of halogens is 1. The lowest BCUT2D eigenvalue weighted by Crippen LogP contribution is -2.22. The van der Waals surface area contributed by atoms with Gasteiger partial charge in [-0.1, -0.05) is 24.2 Å². The second kappa shape index (κ2) is 8.05. The van der Waals surface area contributed by atoms with Crippen LogP contribution in [0.5, 0.6) is 0 Å². The molecule has 3 aromatic heterocycles. The fourth-order valence-electron chi connectivity index (χ4n) is 2.95. The maximum absolute atomic E-state index is 12.0. The summed E-state index contributed by atoms with van der Waals surface area (Å²) in [6.45, 7) is 5.71. The molecule has 5 N–H and O–H groups in total. The molecule has 0 aliphatic carbocycles. The number of fused-ring (bicyclic) bond motifs is 1. The molecule has 4 aromatic rings. The number of aromatic amines is 2. The monoisotopic (exact) mass is 425 g/mol. The molecule has 0 radical (unpaired) electrons. The number of imidazole rings is 1. The van der Waals surface area contributed by atoms with Gasteiger partial charge in [0, 0.05) is 28.9 Å². The quantitative estimate of drug-likeness (QED) is 0.316. The molecule has 4 rings (SSSR count). The summed E-state index contributed by atoms with van der Waals surface area (Å²) in [6.07, 6.45) is 2.72. The van der Waals surface area contributed by atoms with Crippen molar-refractivity contribution in [2.24, 2.45) is 0 Å². The van der Waals surface area contributed by atoms with Crippen LogP contribution in [0.15, 0.2) is 41.3 Å². The van der Waals surface area contributed by atoms with Gasteiger partial charge in [0.05, 0.1) is 12.3 Å².